The van der Waals surface area contributed by atoms with E-state index >= 15 is 0 Å². The molecule has 4 N–H and O–H groups in total. The van der Waals surface area contributed by atoms with E-state index in [1.807, 2.05) is 32.0 Å². The van der Waals surface area contributed by atoms with Gasteiger partial charge in [0, 0.05) is 11.8 Å². The predicted octanol–water partition coefficient (Wildman–Crippen LogP) is 1.91. The number of primary sulfonamides is 1. The van der Waals surface area contributed by atoms with Crippen molar-refractivity contribution in [3.63, 3.8) is 0 Å². The summed E-state index contributed by atoms with van der Waals surface area (Å²) in [6, 6.07) is 8.76. The van der Waals surface area contributed by atoms with Gasteiger partial charge in [-0.1, -0.05) is 18.2 Å². The minimum atomic E-state index is -4.07. The third-order valence-corrected chi connectivity index (χ3v) is 4.59. The van der Waals surface area contributed by atoms with Gasteiger partial charge in [-0.3, -0.25) is 14.9 Å². The van der Waals surface area contributed by atoms with E-state index in [0.29, 0.717) is 5.69 Å². The molecule has 1 amide bonds. The number of hydrogen-bond acceptors (Lipinski definition) is 6. The fourth-order valence-corrected chi connectivity index (χ4v) is 2.89. The third kappa shape index (κ3) is 4.55. The van der Waals surface area contributed by atoms with Gasteiger partial charge in [0.2, 0.25) is 15.9 Å². The number of aryl methyl sites for hydroxylation is 2. The summed E-state index contributed by atoms with van der Waals surface area (Å²) < 4.78 is 22.6. The second kappa shape index (κ2) is 7.50. The van der Waals surface area contributed by atoms with E-state index in [-0.39, 0.29) is 17.1 Å². The van der Waals surface area contributed by atoms with Crippen LogP contribution in [0.2, 0.25) is 0 Å². The molecule has 0 saturated carbocycles. The molecule has 0 atom stereocenters. The maximum Gasteiger partial charge on any atom is 0.293 e. The van der Waals surface area contributed by atoms with Crippen molar-refractivity contribution in [1.29, 1.82) is 0 Å². The number of amides is 1. The lowest BCUT2D eigenvalue weighted by molar-refractivity contribution is -0.384. The molecular formula is C16H18N4O5S. The Morgan fingerprint density at radius 3 is 2.35 bits per heavy atom. The molecule has 9 nitrogen and oxygen atoms in total. The molecule has 2 aromatic carbocycles. The van der Waals surface area contributed by atoms with Crippen molar-refractivity contribution in [2.45, 2.75) is 18.7 Å². The number of benzene rings is 2. The largest absolute Gasteiger partial charge is 0.371 e. The number of nitrogens with zero attached hydrogens (tertiary/aromatic N) is 1. The first-order valence-corrected chi connectivity index (χ1v) is 9.05. The zero-order valence-electron chi connectivity index (χ0n) is 14.1. The molecule has 0 aliphatic heterocycles. The van der Waals surface area contributed by atoms with Crippen LogP contribution in [0.3, 0.4) is 0 Å². The number of rotatable bonds is 6. The Labute approximate surface area is 150 Å². The Kier molecular flexibility index (Phi) is 5.58. The van der Waals surface area contributed by atoms with Crippen LogP contribution in [0.1, 0.15) is 11.1 Å². The normalized spacial score (nSPS) is 11.0. The highest BCUT2D eigenvalue weighted by molar-refractivity contribution is 7.89. The molecule has 138 valence electrons. The van der Waals surface area contributed by atoms with E-state index in [0.717, 1.165) is 23.3 Å². The highest BCUT2D eigenvalue weighted by Gasteiger charge is 2.19. The Hall–Kier alpha value is -2.98. The Bertz CT molecular complexity index is 952. The van der Waals surface area contributed by atoms with E-state index in [1.54, 1.807) is 0 Å². The predicted molar refractivity (Wildman–Crippen MR) is 97.5 cm³/mol. The SMILES string of the molecule is Cc1cccc(C)c1NC(=O)CNc1ccc(S(N)(=O)=O)cc1[N+](=O)[O-]. The van der Waals surface area contributed by atoms with Crippen LogP contribution in [0.4, 0.5) is 17.1 Å². The Balaban J connectivity index is 2.16. The summed E-state index contributed by atoms with van der Waals surface area (Å²) in [5, 5.41) is 21.5. The molecule has 0 unspecified atom stereocenters. The summed E-state index contributed by atoms with van der Waals surface area (Å²) in [7, 11) is -4.07. The number of carbonyl (C=O) groups excluding carboxylic acids is 1. The average Bonchev–Trinajstić information content (AvgIpc) is 2.55. The minimum absolute atomic E-state index is 0.0130. The Morgan fingerprint density at radius 1 is 1.19 bits per heavy atom. The van der Waals surface area contributed by atoms with Crippen LogP contribution in [0.25, 0.3) is 0 Å². The molecule has 0 aromatic heterocycles. The lowest BCUT2D eigenvalue weighted by Gasteiger charge is -2.12. The molecule has 0 radical (unpaired) electrons. The molecule has 0 fully saturated rings. The van der Waals surface area contributed by atoms with Gasteiger partial charge in [0.15, 0.2) is 0 Å². The van der Waals surface area contributed by atoms with Crippen molar-refractivity contribution in [3.05, 3.63) is 57.6 Å². The van der Waals surface area contributed by atoms with Crippen molar-refractivity contribution in [2.75, 3.05) is 17.2 Å². The third-order valence-electron chi connectivity index (χ3n) is 3.68. The van der Waals surface area contributed by atoms with Crippen LogP contribution < -0.4 is 15.8 Å². The van der Waals surface area contributed by atoms with Crippen molar-refractivity contribution >= 4 is 33.0 Å². The van der Waals surface area contributed by atoms with Crippen molar-refractivity contribution < 1.29 is 18.1 Å². The highest BCUT2D eigenvalue weighted by atomic mass is 32.2. The maximum absolute atomic E-state index is 12.1. The van der Waals surface area contributed by atoms with Gasteiger partial charge in [-0.15, -0.1) is 0 Å². The monoisotopic (exact) mass is 378 g/mol. The standard InChI is InChI=1S/C16H18N4O5S/c1-10-4-3-5-11(2)16(10)19-15(21)9-18-13-7-6-12(26(17,24)25)8-14(13)20(22)23/h3-8,18H,9H2,1-2H3,(H,19,21)(H2,17,24,25). The van der Waals surface area contributed by atoms with Gasteiger partial charge in [0.1, 0.15) is 5.69 Å². The highest BCUT2D eigenvalue weighted by Crippen LogP contribution is 2.27. The Morgan fingerprint density at radius 2 is 1.81 bits per heavy atom. The smallest absolute Gasteiger partial charge is 0.293 e. The van der Waals surface area contributed by atoms with Crippen LogP contribution in [0, 0.1) is 24.0 Å². The fraction of sp³-hybridized carbons (Fsp3) is 0.188. The first-order valence-electron chi connectivity index (χ1n) is 7.51. The average molecular weight is 378 g/mol. The zero-order valence-corrected chi connectivity index (χ0v) is 15.0. The first kappa shape index (κ1) is 19.3. The summed E-state index contributed by atoms with van der Waals surface area (Å²) in [4.78, 5) is 22.2. The van der Waals surface area contributed by atoms with Gasteiger partial charge in [0.05, 0.1) is 16.4 Å². The number of para-hydroxylation sites is 1. The molecule has 2 aromatic rings. The molecule has 0 saturated heterocycles. The number of nitro groups is 1. The molecule has 2 rings (SSSR count). The summed E-state index contributed by atoms with van der Waals surface area (Å²) >= 11 is 0. The number of hydrogen-bond donors (Lipinski definition) is 3. The second-order valence-electron chi connectivity index (χ2n) is 5.65. The van der Waals surface area contributed by atoms with Gasteiger partial charge in [-0.2, -0.15) is 0 Å². The summed E-state index contributed by atoms with van der Waals surface area (Å²) in [6.07, 6.45) is 0. The lowest BCUT2D eigenvalue weighted by Crippen LogP contribution is -2.23. The van der Waals surface area contributed by atoms with E-state index in [2.05, 4.69) is 10.6 Å². The quantitative estimate of drug-likeness (QED) is 0.517. The van der Waals surface area contributed by atoms with Gasteiger partial charge in [0.25, 0.3) is 5.69 Å². The molecule has 10 heteroatoms. The van der Waals surface area contributed by atoms with Crippen molar-refractivity contribution in [2.24, 2.45) is 5.14 Å². The molecule has 0 spiro atoms. The van der Waals surface area contributed by atoms with E-state index in [1.165, 1.54) is 6.07 Å². The van der Waals surface area contributed by atoms with Crippen LogP contribution in [-0.2, 0) is 14.8 Å². The molecule has 26 heavy (non-hydrogen) atoms. The van der Waals surface area contributed by atoms with Crippen LogP contribution >= 0.6 is 0 Å². The zero-order chi connectivity index (χ0) is 19.5. The number of anilines is 2. The molecule has 0 aliphatic carbocycles. The number of carbonyl (C=O) groups is 1. The van der Waals surface area contributed by atoms with Crippen molar-refractivity contribution in [1.82, 2.24) is 0 Å². The van der Waals surface area contributed by atoms with Gasteiger partial charge < -0.3 is 10.6 Å². The van der Waals surface area contributed by atoms with E-state index in [9.17, 15) is 23.3 Å². The number of nitrogens with one attached hydrogen (secondary N) is 2. The number of nitro benzene ring substituents is 1. The van der Waals surface area contributed by atoms with Crippen molar-refractivity contribution in [3.8, 4) is 0 Å². The van der Waals surface area contributed by atoms with Gasteiger partial charge in [-0.25, -0.2) is 13.6 Å². The fourth-order valence-electron chi connectivity index (χ4n) is 2.36. The van der Waals surface area contributed by atoms with Crippen LogP contribution in [0.15, 0.2) is 41.3 Å². The van der Waals surface area contributed by atoms with Gasteiger partial charge in [-0.05, 0) is 37.1 Å². The first-order chi connectivity index (χ1) is 12.1. The maximum atomic E-state index is 12.1. The minimum Gasteiger partial charge on any atom is -0.371 e. The molecule has 0 bridgehead atoms. The van der Waals surface area contributed by atoms with E-state index < -0.39 is 26.5 Å². The topological polar surface area (TPSA) is 144 Å². The number of sulfonamides is 1. The molecular weight excluding hydrogens is 360 g/mol. The summed E-state index contributed by atoms with van der Waals surface area (Å²) in [5.74, 6) is -0.396. The summed E-state index contributed by atoms with van der Waals surface area (Å²) in [6.45, 7) is 3.48. The van der Waals surface area contributed by atoms with Crippen LogP contribution in [0.5, 0.6) is 0 Å². The molecule has 0 heterocycles. The van der Waals surface area contributed by atoms with Gasteiger partial charge >= 0.3 is 0 Å². The number of nitrogens with two attached hydrogens (primary N) is 1. The van der Waals surface area contributed by atoms with Crippen LogP contribution in [-0.4, -0.2) is 25.8 Å². The molecule has 0 aliphatic rings. The second-order valence-corrected chi connectivity index (χ2v) is 7.21. The summed E-state index contributed by atoms with van der Waals surface area (Å²) in [5.41, 5.74) is 1.98. The van der Waals surface area contributed by atoms with E-state index in [4.69, 9.17) is 5.14 Å². The lowest BCUT2D eigenvalue weighted by atomic mass is 10.1.